The standard InChI is InChI=1S/C27H29NO/c29-27-23(15-10-16-24(27)20-28-25-17-8-3-9-18-25)19-26(21-11-4-1-5-12-21)22-13-6-2-7-14-22/h1-2,4-7,10-16,20,25-26,29H,3,8-9,17-19H2. The van der Waals surface area contributed by atoms with Crippen LogP contribution in [0.4, 0.5) is 0 Å². The summed E-state index contributed by atoms with van der Waals surface area (Å²) in [5.74, 6) is 0.567. The van der Waals surface area contributed by atoms with Crippen LogP contribution in [0.15, 0.2) is 83.9 Å². The molecule has 0 aliphatic heterocycles. The number of hydrogen-bond acceptors (Lipinski definition) is 2. The molecule has 0 radical (unpaired) electrons. The molecule has 0 heterocycles. The van der Waals surface area contributed by atoms with E-state index in [-0.39, 0.29) is 5.92 Å². The van der Waals surface area contributed by atoms with Crippen molar-refractivity contribution >= 4 is 6.21 Å². The van der Waals surface area contributed by atoms with Crippen LogP contribution in [0.5, 0.6) is 5.75 Å². The number of para-hydroxylation sites is 1. The molecule has 0 bridgehead atoms. The van der Waals surface area contributed by atoms with E-state index in [9.17, 15) is 5.11 Å². The van der Waals surface area contributed by atoms with Gasteiger partial charge < -0.3 is 5.11 Å². The Labute approximate surface area is 174 Å². The van der Waals surface area contributed by atoms with Gasteiger partial charge in [-0.25, -0.2) is 0 Å². The van der Waals surface area contributed by atoms with E-state index in [4.69, 9.17) is 4.99 Å². The average Bonchev–Trinajstić information content (AvgIpc) is 2.79. The molecule has 0 unspecified atom stereocenters. The molecule has 1 aliphatic carbocycles. The lowest BCUT2D eigenvalue weighted by Gasteiger charge is -2.20. The van der Waals surface area contributed by atoms with Crippen LogP contribution in [0.1, 0.15) is 60.3 Å². The summed E-state index contributed by atoms with van der Waals surface area (Å²) in [5.41, 5.74) is 4.32. The molecule has 3 aromatic carbocycles. The minimum atomic E-state index is 0.203. The summed E-state index contributed by atoms with van der Waals surface area (Å²) in [6, 6.07) is 27.5. The van der Waals surface area contributed by atoms with Crippen molar-refractivity contribution in [2.24, 2.45) is 4.99 Å². The minimum absolute atomic E-state index is 0.203. The molecule has 0 spiro atoms. The Kier molecular flexibility index (Phi) is 6.41. The van der Waals surface area contributed by atoms with E-state index in [1.165, 1.54) is 43.2 Å². The minimum Gasteiger partial charge on any atom is -0.507 e. The normalized spacial score (nSPS) is 15.2. The third-order valence-corrected chi connectivity index (χ3v) is 5.98. The number of aromatic hydroxyl groups is 1. The largest absolute Gasteiger partial charge is 0.507 e. The van der Waals surface area contributed by atoms with Crippen molar-refractivity contribution in [3.8, 4) is 5.75 Å². The number of nitrogens with zero attached hydrogens (tertiary/aromatic N) is 1. The summed E-state index contributed by atoms with van der Waals surface area (Å²) >= 11 is 0. The maximum atomic E-state index is 11.0. The van der Waals surface area contributed by atoms with Gasteiger partial charge in [-0.15, -0.1) is 0 Å². The lowest BCUT2D eigenvalue weighted by atomic mass is 9.85. The van der Waals surface area contributed by atoms with Crippen molar-refractivity contribution in [2.75, 3.05) is 0 Å². The third-order valence-electron chi connectivity index (χ3n) is 5.98. The van der Waals surface area contributed by atoms with Crippen LogP contribution >= 0.6 is 0 Å². The highest BCUT2D eigenvalue weighted by molar-refractivity contribution is 5.84. The molecule has 1 aliphatic rings. The number of phenols is 1. The Bertz CT molecular complexity index is 888. The molecule has 4 rings (SSSR count). The first-order chi connectivity index (χ1) is 14.3. The summed E-state index contributed by atoms with van der Waals surface area (Å²) in [6.45, 7) is 0. The molecule has 2 nitrogen and oxygen atoms in total. The second-order valence-electron chi connectivity index (χ2n) is 8.00. The third kappa shape index (κ3) is 4.95. The topological polar surface area (TPSA) is 32.6 Å². The molecule has 29 heavy (non-hydrogen) atoms. The maximum absolute atomic E-state index is 11.0. The monoisotopic (exact) mass is 383 g/mol. The number of benzene rings is 3. The molecule has 1 saturated carbocycles. The Morgan fingerprint density at radius 2 is 1.41 bits per heavy atom. The van der Waals surface area contributed by atoms with E-state index in [2.05, 4.69) is 48.5 Å². The first-order valence-corrected chi connectivity index (χ1v) is 10.7. The van der Waals surface area contributed by atoms with Crippen molar-refractivity contribution in [3.05, 3.63) is 101 Å². The van der Waals surface area contributed by atoms with Gasteiger partial charge in [0.15, 0.2) is 0 Å². The highest BCUT2D eigenvalue weighted by atomic mass is 16.3. The number of rotatable bonds is 6. The van der Waals surface area contributed by atoms with Gasteiger partial charge in [-0.1, -0.05) is 92.1 Å². The number of hydrogen-bond donors (Lipinski definition) is 1. The smallest absolute Gasteiger partial charge is 0.127 e. The zero-order valence-corrected chi connectivity index (χ0v) is 16.9. The van der Waals surface area contributed by atoms with Crippen LogP contribution in [-0.2, 0) is 6.42 Å². The fourth-order valence-electron chi connectivity index (χ4n) is 4.31. The zero-order chi connectivity index (χ0) is 19.9. The summed E-state index contributed by atoms with van der Waals surface area (Å²) in [5, 5.41) is 11.0. The van der Waals surface area contributed by atoms with Gasteiger partial charge >= 0.3 is 0 Å². The van der Waals surface area contributed by atoms with Crippen LogP contribution < -0.4 is 0 Å². The molecular formula is C27H29NO. The van der Waals surface area contributed by atoms with E-state index >= 15 is 0 Å². The van der Waals surface area contributed by atoms with Crippen molar-refractivity contribution in [3.63, 3.8) is 0 Å². The molecule has 1 fully saturated rings. The second-order valence-corrected chi connectivity index (χ2v) is 8.00. The van der Waals surface area contributed by atoms with E-state index in [0.717, 1.165) is 17.5 Å². The lowest BCUT2D eigenvalue weighted by Crippen LogP contribution is -2.10. The molecule has 1 N–H and O–H groups in total. The van der Waals surface area contributed by atoms with E-state index in [1.54, 1.807) is 0 Å². The predicted octanol–water partition coefficient (Wildman–Crippen LogP) is 6.52. The van der Waals surface area contributed by atoms with Crippen LogP contribution in [0.2, 0.25) is 0 Å². The molecule has 3 aromatic rings. The van der Waals surface area contributed by atoms with Gasteiger partial charge in [0.2, 0.25) is 0 Å². The Balaban J connectivity index is 1.60. The van der Waals surface area contributed by atoms with E-state index < -0.39 is 0 Å². The van der Waals surface area contributed by atoms with Gasteiger partial charge in [0.05, 0.1) is 0 Å². The van der Waals surface area contributed by atoms with Crippen LogP contribution in [-0.4, -0.2) is 17.4 Å². The highest BCUT2D eigenvalue weighted by Gasteiger charge is 2.18. The maximum Gasteiger partial charge on any atom is 0.127 e. The Morgan fingerprint density at radius 1 is 0.793 bits per heavy atom. The number of aliphatic imine (C=N–C) groups is 1. The summed E-state index contributed by atoms with van der Waals surface area (Å²) in [6.07, 6.45) is 8.84. The molecule has 0 aromatic heterocycles. The second kappa shape index (κ2) is 9.56. The summed E-state index contributed by atoms with van der Waals surface area (Å²) in [4.78, 5) is 4.77. The van der Waals surface area contributed by atoms with Gasteiger partial charge in [-0.2, -0.15) is 0 Å². The molecule has 0 amide bonds. The van der Waals surface area contributed by atoms with Crippen LogP contribution in [0.3, 0.4) is 0 Å². The van der Waals surface area contributed by atoms with Gasteiger partial charge in [-0.05, 0) is 42.0 Å². The van der Waals surface area contributed by atoms with Crippen molar-refractivity contribution < 1.29 is 5.11 Å². The van der Waals surface area contributed by atoms with Crippen LogP contribution in [0.25, 0.3) is 0 Å². The predicted molar refractivity (Wildman–Crippen MR) is 121 cm³/mol. The molecule has 0 atom stereocenters. The van der Waals surface area contributed by atoms with Gasteiger partial charge in [-0.3, -0.25) is 4.99 Å². The number of phenolic OH excluding ortho intramolecular Hbond substituents is 1. The Hall–Kier alpha value is -2.87. The SMILES string of the molecule is Oc1c(C=NC2CCCCC2)cccc1CC(c1ccccc1)c1ccccc1. The van der Waals surface area contributed by atoms with E-state index in [0.29, 0.717) is 11.8 Å². The highest BCUT2D eigenvalue weighted by Crippen LogP contribution is 2.32. The van der Waals surface area contributed by atoms with Gasteiger partial charge in [0.1, 0.15) is 5.75 Å². The van der Waals surface area contributed by atoms with Crippen molar-refractivity contribution in [1.82, 2.24) is 0 Å². The Morgan fingerprint density at radius 3 is 2.03 bits per heavy atom. The van der Waals surface area contributed by atoms with Gasteiger partial charge in [0, 0.05) is 23.7 Å². The summed E-state index contributed by atoms with van der Waals surface area (Å²) < 4.78 is 0. The fourth-order valence-corrected chi connectivity index (χ4v) is 4.31. The van der Waals surface area contributed by atoms with Gasteiger partial charge in [0.25, 0.3) is 0 Å². The quantitative estimate of drug-likeness (QED) is 0.483. The zero-order valence-electron chi connectivity index (χ0n) is 16.9. The van der Waals surface area contributed by atoms with E-state index in [1.807, 2.05) is 36.5 Å². The lowest BCUT2D eigenvalue weighted by molar-refractivity contribution is 0.444. The first kappa shape index (κ1) is 19.4. The molecular weight excluding hydrogens is 354 g/mol. The van der Waals surface area contributed by atoms with Crippen molar-refractivity contribution in [1.29, 1.82) is 0 Å². The fraction of sp³-hybridized carbons (Fsp3) is 0.296. The molecule has 2 heteroatoms. The molecule has 148 valence electrons. The average molecular weight is 384 g/mol. The first-order valence-electron chi connectivity index (χ1n) is 10.7. The van der Waals surface area contributed by atoms with Crippen molar-refractivity contribution in [2.45, 2.75) is 50.5 Å². The molecule has 0 saturated heterocycles. The summed E-state index contributed by atoms with van der Waals surface area (Å²) in [7, 11) is 0. The van der Waals surface area contributed by atoms with Crippen LogP contribution in [0, 0.1) is 0 Å².